The molecular weight excluding hydrogens is 294 g/mol. The van der Waals surface area contributed by atoms with Crippen molar-refractivity contribution in [3.8, 4) is 0 Å². The van der Waals surface area contributed by atoms with E-state index in [9.17, 15) is 0 Å². The van der Waals surface area contributed by atoms with Gasteiger partial charge in [0.05, 0.1) is 3.79 Å². The van der Waals surface area contributed by atoms with Crippen molar-refractivity contribution in [3.05, 3.63) is 20.8 Å². The third-order valence-electron chi connectivity index (χ3n) is 3.83. The van der Waals surface area contributed by atoms with Crippen molar-refractivity contribution in [2.45, 2.75) is 51.0 Å². The van der Waals surface area contributed by atoms with Gasteiger partial charge in [0.2, 0.25) is 0 Å². The van der Waals surface area contributed by atoms with Crippen molar-refractivity contribution in [1.82, 2.24) is 5.32 Å². The van der Waals surface area contributed by atoms with Gasteiger partial charge in [-0.2, -0.15) is 0 Å². The molecule has 1 aliphatic carbocycles. The number of rotatable bonds is 4. The van der Waals surface area contributed by atoms with E-state index in [0.29, 0.717) is 6.04 Å². The number of hydrogen-bond donors (Lipinski definition) is 1. The summed E-state index contributed by atoms with van der Waals surface area (Å²) in [5.74, 6) is 0.927. The molecule has 1 aromatic heterocycles. The normalized spacial score (nSPS) is 20.1. The fourth-order valence-corrected chi connectivity index (χ4v) is 4.37. The Kier molecular flexibility index (Phi) is 5.51. The van der Waals surface area contributed by atoms with Gasteiger partial charge in [-0.1, -0.05) is 38.5 Å². The summed E-state index contributed by atoms with van der Waals surface area (Å²) < 4.78 is 1.24. The second kappa shape index (κ2) is 6.91. The summed E-state index contributed by atoms with van der Waals surface area (Å²) in [7, 11) is 2.09. The maximum absolute atomic E-state index is 3.56. The van der Waals surface area contributed by atoms with Crippen molar-refractivity contribution < 1.29 is 0 Å². The molecule has 1 fully saturated rings. The average molecular weight is 316 g/mol. The van der Waals surface area contributed by atoms with Crippen LogP contribution in [0.2, 0.25) is 0 Å². The minimum atomic E-state index is 0.550. The first-order valence-corrected chi connectivity index (χ1v) is 8.33. The third-order valence-corrected chi connectivity index (χ3v) is 5.57. The maximum Gasteiger partial charge on any atom is 0.0701 e. The summed E-state index contributed by atoms with van der Waals surface area (Å²) in [6.45, 7) is 0. The van der Waals surface area contributed by atoms with Crippen LogP contribution in [0.1, 0.15) is 55.9 Å². The van der Waals surface area contributed by atoms with E-state index in [1.165, 1.54) is 53.6 Å². The fraction of sp³-hybridized carbons (Fsp3) is 0.714. The Balaban J connectivity index is 1.94. The Morgan fingerprint density at radius 1 is 1.29 bits per heavy atom. The smallest absolute Gasteiger partial charge is 0.0701 e. The van der Waals surface area contributed by atoms with Crippen LogP contribution in [0.25, 0.3) is 0 Å². The van der Waals surface area contributed by atoms with Crippen molar-refractivity contribution in [3.63, 3.8) is 0 Å². The molecule has 96 valence electrons. The van der Waals surface area contributed by atoms with Gasteiger partial charge in [-0.25, -0.2) is 0 Å². The zero-order chi connectivity index (χ0) is 12.1. The molecule has 2 rings (SSSR count). The second-order valence-electron chi connectivity index (χ2n) is 5.08. The quantitative estimate of drug-likeness (QED) is 0.759. The van der Waals surface area contributed by atoms with Crippen LogP contribution < -0.4 is 5.32 Å². The Labute approximate surface area is 117 Å². The van der Waals surface area contributed by atoms with Gasteiger partial charge in [0, 0.05) is 10.9 Å². The minimum absolute atomic E-state index is 0.550. The number of halogens is 1. The maximum atomic E-state index is 3.56. The number of thiophene rings is 1. The van der Waals surface area contributed by atoms with Crippen LogP contribution in [-0.4, -0.2) is 7.05 Å². The predicted molar refractivity (Wildman–Crippen MR) is 79.6 cm³/mol. The summed E-state index contributed by atoms with van der Waals surface area (Å²) >= 11 is 5.43. The zero-order valence-electron chi connectivity index (χ0n) is 10.5. The molecule has 17 heavy (non-hydrogen) atoms. The van der Waals surface area contributed by atoms with Crippen LogP contribution in [0, 0.1) is 5.92 Å². The molecule has 1 saturated carbocycles. The van der Waals surface area contributed by atoms with Crippen molar-refractivity contribution in [2.75, 3.05) is 7.05 Å². The molecule has 1 aromatic rings. The molecule has 0 amide bonds. The van der Waals surface area contributed by atoms with Gasteiger partial charge in [0.25, 0.3) is 0 Å². The topological polar surface area (TPSA) is 12.0 Å². The van der Waals surface area contributed by atoms with Crippen LogP contribution >= 0.6 is 27.3 Å². The summed E-state index contributed by atoms with van der Waals surface area (Å²) in [5, 5.41) is 3.49. The molecule has 1 N–H and O–H groups in total. The first-order chi connectivity index (χ1) is 8.29. The molecule has 0 bridgehead atoms. The van der Waals surface area contributed by atoms with E-state index in [1.807, 2.05) is 11.3 Å². The summed E-state index contributed by atoms with van der Waals surface area (Å²) in [4.78, 5) is 1.48. The summed E-state index contributed by atoms with van der Waals surface area (Å²) in [6.07, 6.45) is 9.96. The second-order valence-corrected chi connectivity index (χ2v) is 7.57. The molecule has 1 aliphatic rings. The minimum Gasteiger partial charge on any atom is -0.312 e. The molecular formula is C14H22BrNS. The number of nitrogens with one attached hydrogen (secondary N) is 1. The van der Waals surface area contributed by atoms with E-state index >= 15 is 0 Å². The molecule has 1 nitrogen and oxygen atoms in total. The fourth-order valence-electron chi connectivity index (χ4n) is 2.82. The van der Waals surface area contributed by atoms with Crippen LogP contribution in [0.15, 0.2) is 15.9 Å². The Hall–Kier alpha value is 0.140. The highest BCUT2D eigenvalue weighted by molar-refractivity contribution is 9.11. The number of hydrogen-bond acceptors (Lipinski definition) is 2. The Morgan fingerprint density at radius 2 is 2.00 bits per heavy atom. The first kappa shape index (κ1) is 13.6. The Morgan fingerprint density at radius 3 is 2.53 bits per heavy atom. The molecule has 1 atom stereocenters. The predicted octanol–water partition coefficient (Wildman–Crippen LogP) is 5.13. The largest absolute Gasteiger partial charge is 0.312 e. The van der Waals surface area contributed by atoms with Crippen LogP contribution in [0.5, 0.6) is 0 Å². The molecule has 0 radical (unpaired) electrons. The highest BCUT2D eigenvalue weighted by Gasteiger charge is 2.19. The lowest BCUT2D eigenvalue weighted by molar-refractivity contribution is 0.371. The molecule has 1 heterocycles. The van der Waals surface area contributed by atoms with E-state index in [0.717, 1.165) is 5.92 Å². The van der Waals surface area contributed by atoms with Crippen molar-refractivity contribution in [1.29, 1.82) is 0 Å². The van der Waals surface area contributed by atoms with Gasteiger partial charge in [-0.15, -0.1) is 11.3 Å². The highest BCUT2D eigenvalue weighted by atomic mass is 79.9. The molecule has 0 spiro atoms. The van der Waals surface area contributed by atoms with Crippen molar-refractivity contribution >= 4 is 27.3 Å². The lowest BCUT2D eigenvalue weighted by atomic mass is 9.92. The van der Waals surface area contributed by atoms with Crippen molar-refractivity contribution in [2.24, 2.45) is 5.92 Å². The van der Waals surface area contributed by atoms with E-state index < -0.39 is 0 Å². The zero-order valence-corrected chi connectivity index (χ0v) is 12.9. The molecule has 1 unspecified atom stereocenters. The van der Waals surface area contributed by atoms with Gasteiger partial charge in [-0.3, -0.25) is 0 Å². The standard InChI is InChI=1S/C14H22BrNS/c1-16-12(13-8-9-14(15)17-13)10-11-6-4-2-3-5-7-11/h8-9,11-12,16H,2-7,10H2,1H3. The monoisotopic (exact) mass is 315 g/mol. The van der Waals surface area contributed by atoms with Crippen LogP contribution in [0.3, 0.4) is 0 Å². The van der Waals surface area contributed by atoms with E-state index in [2.05, 4.69) is 40.4 Å². The third kappa shape index (κ3) is 4.08. The van der Waals surface area contributed by atoms with Crippen LogP contribution in [-0.2, 0) is 0 Å². The van der Waals surface area contributed by atoms with Gasteiger partial charge in [-0.05, 0) is 47.4 Å². The lowest BCUT2D eigenvalue weighted by Crippen LogP contribution is -2.18. The van der Waals surface area contributed by atoms with Gasteiger partial charge in [0.1, 0.15) is 0 Å². The Bertz CT molecular complexity index is 329. The van der Waals surface area contributed by atoms with E-state index in [1.54, 1.807) is 0 Å². The summed E-state index contributed by atoms with van der Waals surface area (Å²) in [5.41, 5.74) is 0. The molecule has 0 aliphatic heterocycles. The average Bonchev–Trinajstić information content (AvgIpc) is 2.62. The molecule has 3 heteroatoms. The highest BCUT2D eigenvalue weighted by Crippen LogP contribution is 2.34. The van der Waals surface area contributed by atoms with E-state index in [-0.39, 0.29) is 0 Å². The SMILES string of the molecule is CNC(CC1CCCCCC1)c1ccc(Br)s1. The van der Waals surface area contributed by atoms with E-state index in [4.69, 9.17) is 0 Å². The molecule has 0 aromatic carbocycles. The van der Waals surface area contributed by atoms with Gasteiger partial charge >= 0.3 is 0 Å². The first-order valence-electron chi connectivity index (χ1n) is 6.72. The van der Waals surface area contributed by atoms with Crippen LogP contribution in [0.4, 0.5) is 0 Å². The van der Waals surface area contributed by atoms with Gasteiger partial charge < -0.3 is 5.32 Å². The molecule has 0 saturated heterocycles. The summed E-state index contributed by atoms with van der Waals surface area (Å²) in [6, 6.07) is 4.97. The van der Waals surface area contributed by atoms with Gasteiger partial charge in [0.15, 0.2) is 0 Å². The lowest BCUT2D eigenvalue weighted by Gasteiger charge is -2.21.